The molecule has 0 radical (unpaired) electrons. The highest BCUT2D eigenvalue weighted by atomic mass is 79.9. The van der Waals surface area contributed by atoms with Crippen molar-refractivity contribution in [2.45, 2.75) is 46.0 Å². The Balaban J connectivity index is 1.89. The SMILES string of the molecule is CN1C(=O)[C@H](Cc2ccc(Br)cc2[18F])N(C(=O)OCc2ccccc2)[C@H]1C(C)(C)C. The Morgan fingerprint density at radius 2 is 1.83 bits per heavy atom. The van der Waals surface area contributed by atoms with Crippen LogP contribution in [-0.4, -0.2) is 41.1 Å². The molecule has 1 aliphatic heterocycles. The summed E-state index contributed by atoms with van der Waals surface area (Å²) in [7, 11) is 1.67. The first-order valence-corrected chi connectivity index (χ1v) is 10.6. The second-order valence-electron chi connectivity index (χ2n) is 8.59. The smallest absolute Gasteiger partial charge is 0.412 e. The summed E-state index contributed by atoms with van der Waals surface area (Å²) in [6, 6.07) is 13.2. The third-order valence-electron chi connectivity index (χ3n) is 5.22. The Labute approximate surface area is 184 Å². The average Bonchev–Trinajstić information content (AvgIpc) is 2.94. The van der Waals surface area contributed by atoms with Gasteiger partial charge in [-0.2, -0.15) is 0 Å². The Bertz CT molecular complexity index is 930. The molecule has 2 aromatic carbocycles. The fourth-order valence-corrected chi connectivity index (χ4v) is 4.27. The van der Waals surface area contributed by atoms with Crippen molar-refractivity contribution in [3.8, 4) is 0 Å². The van der Waals surface area contributed by atoms with Crippen LogP contribution in [0.4, 0.5) is 9.18 Å². The van der Waals surface area contributed by atoms with Gasteiger partial charge in [-0.05, 0) is 23.3 Å². The minimum absolute atomic E-state index is 0.0787. The van der Waals surface area contributed by atoms with E-state index in [0.29, 0.717) is 10.0 Å². The van der Waals surface area contributed by atoms with Gasteiger partial charge in [0, 0.05) is 23.4 Å². The molecule has 0 N–H and O–H groups in total. The lowest BCUT2D eigenvalue weighted by molar-refractivity contribution is -0.129. The minimum Gasteiger partial charge on any atom is -0.444 e. The fraction of sp³-hybridized carbons (Fsp3) is 0.391. The molecular weight excluding hydrogens is 450 g/mol. The molecule has 0 saturated carbocycles. The molecule has 30 heavy (non-hydrogen) atoms. The highest BCUT2D eigenvalue weighted by molar-refractivity contribution is 9.10. The zero-order valence-electron chi connectivity index (χ0n) is 17.6. The first-order valence-electron chi connectivity index (χ1n) is 9.79. The zero-order chi connectivity index (χ0) is 22.1. The van der Waals surface area contributed by atoms with E-state index < -0.39 is 29.5 Å². The van der Waals surface area contributed by atoms with Gasteiger partial charge in [0.25, 0.3) is 0 Å². The number of benzene rings is 2. The molecule has 2 amide bonds. The molecule has 2 atom stereocenters. The fourth-order valence-electron chi connectivity index (χ4n) is 3.93. The lowest BCUT2D eigenvalue weighted by Gasteiger charge is -2.38. The molecule has 1 heterocycles. The highest BCUT2D eigenvalue weighted by Gasteiger charge is 2.52. The Morgan fingerprint density at radius 3 is 2.43 bits per heavy atom. The second kappa shape index (κ2) is 8.76. The Hall–Kier alpha value is -2.41. The van der Waals surface area contributed by atoms with Gasteiger partial charge in [0.15, 0.2) is 0 Å². The summed E-state index contributed by atoms with van der Waals surface area (Å²) in [6.45, 7) is 5.98. The van der Waals surface area contributed by atoms with Gasteiger partial charge >= 0.3 is 6.09 Å². The number of carbonyl (C=O) groups is 2. The van der Waals surface area contributed by atoms with Gasteiger partial charge in [0.2, 0.25) is 5.91 Å². The van der Waals surface area contributed by atoms with Crippen LogP contribution < -0.4 is 0 Å². The molecule has 0 aliphatic carbocycles. The standard InChI is InChI=1S/C23H26BrFN2O3/c1-23(2,3)21-26(4)20(28)19(12-16-10-11-17(24)13-18(16)25)27(21)22(29)30-14-15-8-6-5-7-9-15/h5-11,13,19,21H,12,14H2,1-4H3/t19-,21-/m0/s1/i25-1. The van der Waals surface area contributed by atoms with Crippen molar-refractivity contribution in [1.29, 1.82) is 0 Å². The first-order chi connectivity index (χ1) is 14.1. The molecule has 160 valence electrons. The predicted octanol–water partition coefficient (Wildman–Crippen LogP) is 4.98. The lowest BCUT2D eigenvalue weighted by atomic mass is 9.91. The first kappa shape index (κ1) is 22.3. The number of carbonyl (C=O) groups excluding carboxylic acids is 2. The summed E-state index contributed by atoms with van der Waals surface area (Å²) in [5.41, 5.74) is 0.816. The van der Waals surface area contributed by atoms with Crippen LogP contribution in [0.2, 0.25) is 0 Å². The topological polar surface area (TPSA) is 49.9 Å². The van der Waals surface area contributed by atoms with E-state index in [2.05, 4.69) is 15.9 Å². The van der Waals surface area contributed by atoms with Crippen molar-refractivity contribution in [1.82, 2.24) is 9.80 Å². The molecule has 3 rings (SSSR count). The molecule has 0 unspecified atom stereocenters. The number of ether oxygens (including phenoxy) is 1. The maximum Gasteiger partial charge on any atom is 0.412 e. The molecular formula is C23H26BrFN2O3. The number of rotatable bonds is 4. The van der Waals surface area contributed by atoms with Crippen molar-refractivity contribution in [2.75, 3.05) is 7.05 Å². The number of halogens is 2. The molecule has 1 saturated heterocycles. The van der Waals surface area contributed by atoms with Crippen LogP contribution in [0, 0.1) is 11.2 Å². The van der Waals surface area contributed by atoms with Gasteiger partial charge in [-0.25, -0.2) is 9.18 Å². The van der Waals surface area contributed by atoms with Crippen LogP contribution in [0.5, 0.6) is 0 Å². The van der Waals surface area contributed by atoms with Crippen LogP contribution in [0.1, 0.15) is 31.9 Å². The molecule has 1 fully saturated rings. The van der Waals surface area contributed by atoms with Crippen LogP contribution in [0.15, 0.2) is 53.0 Å². The van der Waals surface area contributed by atoms with Gasteiger partial charge in [0.05, 0.1) is 0 Å². The summed E-state index contributed by atoms with van der Waals surface area (Å²) in [5.74, 6) is -0.648. The average molecular weight is 476 g/mol. The largest absolute Gasteiger partial charge is 0.444 e. The number of hydrogen-bond donors (Lipinski definition) is 0. The van der Waals surface area contributed by atoms with E-state index in [0.717, 1.165) is 5.56 Å². The molecule has 0 bridgehead atoms. The third kappa shape index (κ3) is 4.67. The number of hydrogen-bond acceptors (Lipinski definition) is 3. The normalized spacial score (nSPS) is 19.3. The van der Waals surface area contributed by atoms with Crippen LogP contribution >= 0.6 is 15.9 Å². The van der Waals surface area contributed by atoms with Crippen LogP contribution in [0.3, 0.4) is 0 Å². The zero-order valence-corrected chi connectivity index (χ0v) is 19.1. The molecule has 7 heteroatoms. The third-order valence-corrected chi connectivity index (χ3v) is 5.71. The van der Waals surface area contributed by atoms with E-state index in [4.69, 9.17) is 4.74 Å². The number of likely N-dealkylation sites (N-methyl/N-ethyl adjacent to an activating group) is 1. The second-order valence-corrected chi connectivity index (χ2v) is 9.51. The van der Waals surface area contributed by atoms with E-state index >= 15 is 0 Å². The summed E-state index contributed by atoms with van der Waals surface area (Å²) in [5, 5.41) is 0. The van der Waals surface area contributed by atoms with Gasteiger partial charge in [-0.3, -0.25) is 9.69 Å². The summed E-state index contributed by atoms with van der Waals surface area (Å²) < 4.78 is 20.6. The van der Waals surface area contributed by atoms with E-state index in [9.17, 15) is 14.0 Å². The molecule has 0 spiro atoms. The van der Waals surface area contributed by atoms with Crippen molar-refractivity contribution in [2.24, 2.45) is 5.41 Å². The Morgan fingerprint density at radius 1 is 1.17 bits per heavy atom. The van der Waals surface area contributed by atoms with Crippen molar-refractivity contribution in [3.63, 3.8) is 0 Å². The van der Waals surface area contributed by atoms with Gasteiger partial charge in [-0.1, -0.05) is 73.1 Å². The van der Waals surface area contributed by atoms with Crippen molar-refractivity contribution < 1.29 is 18.7 Å². The van der Waals surface area contributed by atoms with Gasteiger partial charge in [0.1, 0.15) is 24.6 Å². The molecule has 0 aromatic heterocycles. The maximum atomic E-state index is 14.5. The summed E-state index contributed by atoms with van der Waals surface area (Å²) in [4.78, 5) is 29.2. The monoisotopic (exact) mass is 475 g/mol. The van der Waals surface area contributed by atoms with E-state index in [1.54, 1.807) is 24.1 Å². The minimum atomic E-state index is -0.835. The van der Waals surface area contributed by atoms with E-state index in [1.807, 2.05) is 51.1 Å². The van der Waals surface area contributed by atoms with Crippen LogP contribution in [-0.2, 0) is 22.6 Å². The summed E-state index contributed by atoms with van der Waals surface area (Å²) >= 11 is 3.24. The van der Waals surface area contributed by atoms with Gasteiger partial charge < -0.3 is 9.64 Å². The highest BCUT2D eigenvalue weighted by Crippen LogP contribution is 2.36. The van der Waals surface area contributed by atoms with Crippen LogP contribution in [0.25, 0.3) is 0 Å². The Kier molecular flexibility index (Phi) is 6.50. The number of nitrogens with zero attached hydrogens (tertiary/aromatic N) is 2. The quantitative estimate of drug-likeness (QED) is 0.626. The summed E-state index contributed by atoms with van der Waals surface area (Å²) in [6.07, 6.45) is -1.01. The van der Waals surface area contributed by atoms with E-state index in [1.165, 1.54) is 11.0 Å². The van der Waals surface area contributed by atoms with Gasteiger partial charge in [-0.15, -0.1) is 0 Å². The maximum absolute atomic E-state index is 14.5. The predicted molar refractivity (Wildman–Crippen MR) is 116 cm³/mol. The van der Waals surface area contributed by atoms with Crippen molar-refractivity contribution >= 4 is 27.9 Å². The van der Waals surface area contributed by atoms with E-state index in [-0.39, 0.29) is 18.9 Å². The molecule has 5 nitrogen and oxygen atoms in total. The van der Waals surface area contributed by atoms with Crippen molar-refractivity contribution in [3.05, 3.63) is 69.9 Å². The lowest BCUT2D eigenvalue weighted by Crippen LogP contribution is -2.51. The molecule has 1 aliphatic rings. The number of amides is 2. The molecule has 2 aromatic rings.